The maximum atomic E-state index is 14.0. The van der Waals surface area contributed by atoms with Crippen LogP contribution < -0.4 is 4.72 Å². The quantitative estimate of drug-likeness (QED) is 0.942. The third-order valence-corrected chi connectivity index (χ3v) is 4.69. The van der Waals surface area contributed by atoms with Crippen LogP contribution in [0.15, 0.2) is 35.4 Å². The van der Waals surface area contributed by atoms with E-state index >= 15 is 0 Å². The van der Waals surface area contributed by atoms with Gasteiger partial charge in [-0.15, -0.1) is 0 Å². The number of rotatable bonds is 4. The molecule has 0 saturated heterocycles. The number of nitrogens with one attached hydrogen (secondary N) is 1. The molecule has 0 amide bonds. The highest BCUT2D eigenvalue weighted by atomic mass is 32.2. The summed E-state index contributed by atoms with van der Waals surface area (Å²) in [6, 6.07) is 5.99. The largest absolute Gasteiger partial charge is 0.267 e. The lowest BCUT2D eigenvalue weighted by Crippen LogP contribution is -2.17. The molecule has 1 aromatic heterocycles. The normalized spacial score (nSPS) is 15.0. The van der Waals surface area contributed by atoms with Crippen molar-refractivity contribution in [1.82, 2.24) is 9.97 Å². The first-order chi connectivity index (χ1) is 9.97. The molecule has 1 aliphatic rings. The summed E-state index contributed by atoms with van der Waals surface area (Å²) in [6.45, 7) is 1.51. The fraction of sp³-hybridized carbons (Fsp3) is 0.286. The Bertz CT molecular complexity index is 789. The van der Waals surface area contributed by atoms with Crippen LogP contribution in [-0.4, -0.2) is 18.4 Å². The van der Waals surface area contributed by atoms with Gasteiger partial charge >= 0.3 is 0 Å². The maximum absolute atomic E-state index is 14.0. The second-order valence-electron chi connectivity index (χ2n) is 5.07. The van der Waals surface area contributed by atoms with E-state index in [-0.39, 0.29) is 11.5 Å². The van der Waals surface area contributed by atoms with Crippen molar-refractivity contribution in [2.75, 3.05) is 4.72 Å². The second-order valence-corrected chi connectivity index (χ2v) is 6.72. The highest BCUT2D eigenvalue weighted by Crippen LogP contribution is 2.39. The van der Waals surface area contributed by atoms with E-state index in [2.05, 4.69) is 14.7 Å². The summed E-state index contributed by atoms with van der Waals surface area (Å²) in [5.74, 6) is -0.407. The second kappa shape index (κ2) is 5.07. The highest BCUT2D eigenvalue weighted by molar-refractivity contribution is 7.92. The number of benzene rings is 1. The molecule has 7 heteroatoms. The molecule has 1 heterocycles. The number of aryl methyl sites for hydroxylation is 1. The molecule has 5 nitrogen and oxygen atoms in total. The molecule has 0 aliphatic heterocycles. The zero-order valence-corrected chi connectivity index (χ0v) is 12.2. The SMILES string of the molecule is Cc1cccc(S(=O)(=O)Nc2nccc(C3CC3)n2)c1F. The lowest BCUT2D eigenvalue weighted by atomic mass is 10.2. The van der Waals surface area contributed by atoms with Gasteiger partial charge in [0.15, 0.2) is 0 Å². The molecule has 3 rings (SSSR count). The number of anilines is 1. The van der Waals surface area contributed by atoms with E-state index in [1.807, 2.05) is 0 Å². The molecule has 0 atom stereocenters. The minimum absolute atomic E-state index is 0.0275. The predicted molar refractivity (Wildman–Crippen MR) is 76.0 cm³/mol. The first kappa shape index (κ1) is 13.9. The maximum Gasteiger partial charge on any atom is 0.267 e. The summed E-state index contributed by atoms with van der Waals surface area (Å²) in [5, 5.41) is 0. The predicted octanol–water partition coefficient (Wildman–Crippen LogP) is 2.60. The van der Waals surface area contributed by atoms with E-state index < -0.39 is 20.7 Å². The van der Waals surface area contributed by atoms with Crippen molar-refractivity contribution in [1.29, 1.82) is 0 Å². The third kappa shape index (κ3) is 2.87. The van der Waals surface area contributed by atoms with Crippen molar-refractivity contribution in [3.05, 3.63) is 47.5 Å². The van der Waals surface area contributed by atoms with E-state index in [0.717, 1.165) is 18.5 Å². The molecule has 0 radical (unpaired) electrons. The Morgan fingerprint density at radius 2 is 2.05 bits per heavy atom. The summed E-state index contributed by atoms with van der Waals surface area (Å²) in [4.78, 5) is 7.66. The van der Waals surface area contributed by atoms with Crippen LogP contribution in [0.1, 0.15) is 30.0 Å². The van der Waals surface area contributed by atoms with Gasteiger partial charge in [0.05, 0.1) is 0 Å². The smallest absolute Gasteiger partial charge is 0.247 e. The first-order valence-electron chi connectivity index (χ1n) is 6.58. The molecular weight excluding hydrogens is 293 g/mol. The molecule has 110 valence electrons. The van der Waals surface area contributed by atoms with Gasteiger partial charge in [-0.05, 0) is 37.5 Å². The van der Waals surface area contributed by atoms with E-state index in [4.69, 9.17) is 0 Å². The van der Waals surface area contributed by atoms with Crippen LogP contribution in [0.5, 0.6) is 0 Å². The first-order valence-corrected chi connectivity index (χ1v) is 8.06. The fourth-order valence-corrected chi connectivity index (χ4v) is 3.13. The van der Waals surface area contributed by atoms with E-state index in [9.17, 15) is 12.8 Å². The lowest BCUT2D eigenvalue weighted by Gasteiger charge is -2.09. The molecule has 0 bridgehead atoms. The number of nitrogens with zero attached hydrogens (tertiary/aromatic N) is 2. The number of hydrogen-bond acceptors (Lipinski definition) is 4. The van der Waals surface area contributed by atoms with Crippen molar-refractivity contribution < 1.29 is 12.8 Å². The number of halogens is 1. The van der Waals surface area contributed by atoms with Gasteiger partial charge in [0, 0.05) is 17.8 Å². The number of aromatic nitrogens is 2. The molecule has 0 unspecified atom stereocenters. The van der Waals surface area contributed by atoms with Crippen LogP contribution in [0.3, 0.4) is 0 Å². The van der Waals surface area contributed by atoms with Gasteiger partial charge in [-0.3, -0.25) is 0 Å². The van der Waals surface area contributed by atoms with Gasteiger partial charge in [0.25, 0.3) is 10.0 Å². The van der Waals surface area contributed by atoms with Gasteiger partial charge in [-0.2, -0.15) is 0 Å². The third-order valence-electron chi connectivity index (χ3n) is 3.34. The molecule has 21 heavy (non-hydrogen) atoms. The standard InChI is InChI=1S/C14H14FN3O2S/c1-9-3-2-4-12(13(9)15)21(19,20)18-14-16-8-7-11(17-14)10-5-6-10/h2-4,7-8,10H,5-6H2,1H3,(H,16,17,18). The van der Waals surface area contributed by atoms with Crippen molar-refractivity contribution in [3.8, 4) is 0 Å². The fourth-order valence-electron chi connectivity index (χ4n) is 2.03. The Hall–Kier alpha value is -2.02. The van der Waals surface area contributed by atoms with Crippen molar-refractivity contribution >= 4 is 16.0 Å². The minimum atomic E-state index is -4.04. The van der Waals surface area contributed by atoms with Gasteiger partial charge in [-0.25, -0.2) is 27.5 Å². The Morgan fingerprint density at radius 1 is 1.29 bits per heavy atom. The van der Waals surface area contributed by atoms with Gasteiger partial charge in [0.2, 0.25) is 5.95 Å². The van der Waals surface area contributed by atoms with Crippen molar-refractivity contribution in [2.45, 2.75) is 30.6 Å². The van der Waals surface area contributed by atoms with Crippen LogP contribution >= 0.6 is 0 Å². The zero-order valence-electron chi connectivity index (χ0n) is 11.4. The Labute approximate surface area is 122 Å². The lowest BCUT2D eigenvalue weighted by molar-refractivity contribution is 0.565. The van der Waals surface area contributed by atoms with Crippen LogP contribution in [-0.2, 0) is 10.0 Å². The Balaban J connectivity index is 1.92. The average Bonchev–Trinajstić information content (AvgIpc) is 3.26. The number of hydrogen-bond donors (Lipinski definition) is 1. The Morgan fingerprint density at radius 3 is 2.76 bits per heavy atom. The Kier molecular flexibility index (Phi) is 3.36. The summed E-state index contributed by atoms with van der Waals surface area (Å²) < 4.78 is 40.7. The summed E-state index contributed by atoms with van der Waals surface area (Å²) in [7, 11) is -4.04. The van der Waals surface area contributed by atoms with Crippen LogP contribution in [0.25, 0.3) is 0 Å². The molecule has 1 aliphatic carbocycles. The summed E-state index contributed by atoms with van der Waals surface area (Å²) in [5.41, 5.74) is 1.08. The van der Waals surface area contributed by atoms with Gasteiger partial charge in [-0.1, -0.05) is 12.1 Å². The molecule has 1 N–H and O–H groups in total. The van der Waals surface area contributed by atoms with Gasteiger partial charge in [0.1, 0.15) is 10.7 Å². The average molecular weight is 307 g/mol. The molecule has 1 fully saturated rings. The summed E-state index contributed by atoms with van der Waals surface area (Å²) in [6.07, 6.45) is 3.61. The minimum Gasteiger partial charge on any atom is -0.247 e. The van der Waals surface area contributed by atoms with Gasteiger partial charge < -0.3 is 0 Å². The van der Waals surface area contributed by atoms with Crippen molar-refractivity contribution in [2.24, 2.45) is 0 Å². The highest BCUT2D eigenvalue weighted by Gasteiger charge is 2.26. The van der Waals surface area contributed by atoms with E-state index in [1.165, 1.54) is 31.3 Å². The van der Waals surface area contributed by atoms with Crippen LogP contribution in [0.4, 0.5) is 10.3 Å². The van der Waals surface area contributed by atoms with Crippen LogP contribution in [0.2, 0.25) is 0 Å². The molecule has 0 spiro atoms. The zero-order chi connectivity index (χ0) is 15.0. The van der Waals surface area contributed by atoms with E-state index in [0.29, 0.717) is 5.92 Å². The van der Waals surface area contributed by atoms with E-state index in [1.54, 1.807) is 6.07 Å². The molecule has 1 aromatic carbocycles. The summed E-state index contributed by atoms with van der Waals surface area (Å²) >= 11 is 0. The monoisotopic (exact) mass is 307 g/mol. The molecule has 2 aromatic rings. The van der Waals surface area contributed by atoms with Crippen molar-refractivity contribution in [3.63, 3.8) is 0 Å². The number of sulfonamides is 1. The molecule has 1 saturated carbocycles. The van der Waals surface area contributed by atoms with Crippen LogP contribution in [0, 0.1) is 12.7 Å². The topological polar surface area (TPSA) is 72.0 Å². The molecular formula is C14H14FN3O2S.